The largest absolute Gasteiger partial charge is 0.422 e. The maximum Gasteiger partial charge on any atom is 0.247 e. The van der Waals surface area contributed by atoms with Crippen LogP contribution in [-0.2, 0) is 4.74 Å². The molecule has 1 atom stereocenters. The van der Waals surface area contributed by atoms with Crippen molar-refractivity contribution in [2.24, 2.45) is 0 Å². The molecule has 0 aromatic carbocycles. The minimum Gasteiger partial charge on any atom is -0.422 e. The average molecular weight is 219 g/mol. The fourth-order valence-corrected chi connectivity index (χ4v) is 1.97. The van der Waals surface area contributed by atoms with Gasteiger partial charge in [0.05, 0.1) is 24.4 Å². The van der Waals surface area contributed by atoms with Crippen molar-refractivity contribution in [1.29, 1.82) is 0 Å². The summed E-state index contributed by atoms with van der Waals surface area (Å²) in [5, 5.41) is 0. The third-order valence-corrected chi connectivity index (χ3v) is 2.79. The third kappa shape index (κ3) is 1.63. The average Bonchev–Trinajstić information content (AvgIpc) is 2.73. The number of hydrogen-bond acceptors (Lipinski definition) is 5. The Morgan fingerprint density at radius 3 is 3.19 bits per heavy atom. The van der Waals surface area contributed by atoms with Gasteiger partial charge in [0.2, 0.25) is 11.6 Å². The first-order valence-electron chi connectivity index (χ1n) is 5.42. The summed E-state index contributed by atoms with van der Waals surface area (Å²) >= 11 is 0. The van der Waals surface area contributed by atoms with Gasteiger partial charge in [-0.05, 0) is 18.9 Å². The number of oxazole rings is 1. The van der Waals surface area contributed by atoms with Gasteiger partial charge in [-0.2, -0.15) is 0 Å². The van der Waals surface area contributed by atoms with Crippen LogP contribution in [0.5, 0.6) is 0 Å². The zero-order valence-corrected chi connectivity index (χ0v) is 8.85. The number of hydrogen-bond donors (Lipinski definition) is 1. The Labute approximate surface area is 92.6 Å². The van der Waals surface area contributed by atoms with Gasteiger partial charge in [-0.3, -0.25) is 0 Å². The lowest BCUT2D eigenvalue weighted by molar-refractivity contribution is 0.0730. The van der Waals surface area contributed by atoms with Gasteiger partial charge in [0.15, 0.2) is 0 Å². The zero-order valence-electron chi connectivity index (χ0n) is 8.85. The molecule has 1 saturated heterocycles. The number of ether oxygens (including phenoxy) is 1. The smallest absolute Gasteiger partial charge is 0.247 e. The Morgan fingerprint density at radius 2 is 2.38 bits per heavy atom. The predicted molar refractivity (Wildman–Crippen MR) is 59.0 cm³/mol. The van der Waals surface area contributed by atoms with Gasteiger partial charge in [0.1, 0.15) is 5.52 Å². The molecule has 84 valence electrons. The number of nitrogens with two attached hydrogens (primary N) is 1. The van der Waals surface area contributed by atoms with Crippen LogP contribution in [-0.4, -0.2) is 23.2 Å². The van der Waals surface area contributed by atoms with Gasteiger partial charge in [0, 0.05) is 6.61 Å². The van der Waals surface area contributed by atoms with Crippen LogP contribution in [0.25, 0.3) is 11.2 Å². The number of pyridine rings is 1. The van der Waals surface area contributed by atoms with Crippen molar-refractivity contribution in [3.63, 3.8) is 0 Å². The lowest BCUT2D eigenvalue weighted by atomic mass is 10.0. The summed E-state index contributed by atoms with van der Waals surface area (Å²) in [5.41, 5.74) is 7.52. The van der Waals surface area contributed by atoms with Gasteiger partial charge in [-0.15, -0.1) is 0 Å². The molecular formula is C11H13N3O2. The number of aromatic nitrogens is 2. The maximum absolute atomic E-state index is 5.64. The van der Waals surface area contributed by atoms with Crippen LogP contribution in [0.4, 0.5) is 5.69 Å². The van der Waals surface area contributed by atoms with E-state index in [4.69, 9.17) is 14.9 Å². The predicted octanol–water partition coefficient (Wildman–Crippen LogP) is 1.70. The number of nitrogen functional groups attached to an aromatic ring is 1. The molecule has 0 saturated carbocycles. The first-order valence-corrected chi connectivity index (χ1v) is 5.42. The molecule has 5 heteroatoms. The second-order valence-electron chi connectivity index (χ2n) is 4.06. The molecule has 1 aliphatic heterocycles. The normalized spacial score (nSPS) is 21.4. The molecule has 3 heterocycles. The highest BCUT2D eigenvalue weighted by Gasteiger charge is 2.21. The van der Waals surface area contributed by atoms with Crippen molar-refractivity contribution in [3.05, 3.63) is 18.2 Å². The van der Waals surface area contributed by atoms with E-state index >= 15 is 0 Å². The topological polar surface area (TPSA) is 74.2 Å². The van der Waals surface area contributed by atoms with Crippen molar-refractivity contribution in [1.82, 2.24) is 9.97 Å². The number of rotatable bonds is 1. The van der Waals surface area contributed by atoms with Gasteiger partial charge >= 0.3 is 0 Å². The first-order chi connectivity index (χ1) is 7.83. The Bertz CT molecular complexity index is 503. The summed E-state index contributed by atoms with van der Waals surface area (Å²) < 4.78 is 11.0. The Hall–Kier alpha value is -1.62. The van der Waals surface area contributed by atoms with Crippen molar-refractivity contribution in [3.8, 4) is 0 Å². The molecule has 1 fully saturated rings. The summed E-state index contributed by atoms with van der Waals surface area (Å²) in [6, 6.07) is 1.78. The molecule has 0 radical (unpaired) electrons. The van der Waals surface area contributed by atoms with E-state index in [2.05, 4.69) is 9.97 Å². The Morgan fingerprint density at radius 1 is 1.44 bits per heavy atom. The number of anilines is 1. The Kier molecular flexibility index (Phi) is 2.25. The minimum absolute atomic E-state index is 0.254. The Balaban J connectivity index is 1.97. The molecular weight excluding hydrogens is 206 g/mol. The molecule has 2 N–H and O–H groups in total. The number of nitrogens with zero attached hydrogens (tertiary/aromatic N) is 2. The molecule has 0 spiro atoms. The van der Waals surface area contributed by atoms with E-state index in [-0.39, 0.29) is 5.92 Å². The lowest BCUT2D eigenvalue weighted by Crippen LogP contribution is -2.15. The zero-order chi connectivity index (χ0) is 11.0. The van der Waals surface area contributed by atoms with Crippen LogP contribution < -0.4 is 5.73 Å². The van der Waals surface area contributed by atoms with Crippen LogP contribution in [0, 0.1) is 0 Å². The molecule has 1 unspecified atom stereocenters. The van der Waals surface area contributed by atoms with E-state index in [9.17, 15) is 0 Å². The van der Waals surface area contributed by atoms with Crippen molar-refractivity contribution in [2.45, 2.75) is 18.8 Å². The summed E-state index contributed by atoms with van der Waals surface area (Å²) in [7, 11) is 0. The quantitative estimate of drug-likeness (QED) is 0.790. The van der Waals surface area contributed by atoms with E-state index in [1.54, 1.807) is 12.3 Å². The second-order valence-corrected chi connectivity index (χ2v) is 4.06. The fourth-order valence-electron chi connectivity index (χ4n) is 1.97. The van der Waals surface area contributed by atoms with Crippen LogP contribution in [0.15, 0.2) is 16.7 Å². The standard InChI is InChI=1S/C11H13N3O2/c12-8-4-9-11(13-5-8)16-10(14-9)7-2-1-3-15-6-7/h4-5,7H,1-3,6,12H2. The van der Waals surface area contributed by atoms with Gasteiger partial charge in [-0.25, -0.2) is 9.97 Å². The van der Waals surface area contributed by atoms with Crippen LogP contribution in [0.3, 0.4) is 0 Å². The van der Waals surface area contributed by atoms with E-state index in [1.165, 1.54) is 0 Å². The highest BCUT2D eigenvalue weighted by molar-refractivity contribution is 5.71. The summed E-state index contributed by atoms with van der Waals surface area (Å²) in [4.78, 5) is 8.51. The number of fused-ring (bicyclic) bond motifs is 1. The third-order valence-electron chi connectivity index (χ3n) is 2.79. The van der Waals surface area contributed by atoms with Gasteiger partial charge < -0.3 is 14.9 Å². The monoisotopic (exact) mass is 219 g/mol. The van der Waals surface area contributed by atoms with E-state index in [0.29, 0.717) is 23.9 Å². The first kappa shape index (κ1) is 9.59. The molecule has 3 rings (SSSR count). The van der Waals surface area contributed by atoms with Crippen molar-refractivity contribution in [2.75, 3.05) is 18.9 Å². The van der Waals surface area contributed by atoms with E-state index < -0.39 is 0 Å². The van der Waals surface area contributed by atoms with Gasteiger partial charge in [0.25, 0.3) is 0 Å². The molecule has 5 nitrogen and oxygen atoms in total. The van der Waals surface area contributed by atoms with Gasteiger partial charge in [-0.1, -0.05) is 0 Å². The molecule has 1 aliphatic rings. The second kappa shape index (κ2) is 3.75. The molecule has 2 aromatic rings. The molecule has 16 heavy (non-hydrogen) atoms. The van der Waals surface area contributed by atoms with E-state index in [0.717, 1.165) is 25.0 Å². The summed E-state index contributed by atoms with van der Waals surface area (Å²) in [6.45, 7) is 1.52. The maximum atomic E-state index is 5.64. The highest BCUT2D eigenvalue weighted by Crippen LogP contribution is 2.27. The van der Waals surface area contributed by atoms with Crippen LogP contribution in [0.1, 0.15) is 24.7 Å². The molecule has 0 amide bonds. The molecule has 2 aromatic heterocycles. The lowest BCUT2D eigenvalue weighted by Gasteiger charge is -2.18. The fraction of sp³-hybridized carbons (Fsp3) is 0.455. The summed E-state index contributed by atoms with van der Waals surface area (Å²) in [6.07, 6.45) is 3.69. The van der Waals surface area contributed by atoms with Crippen molar-refractivity contribution < 1.29 is 9.15 Å². The summed E-state index contributed by atoms with van der Waals surface area (Å²) in [5.74, 6) is 0.969. The van der Waals surface area contributed by atoms with Crippen LogP contribution in [0.2, 0.25) is 0 Å². The molecule has 0 aliphatic carbocycles. The SMILES string of the molecule is Nc1cnc2oc(C3CCCOC3)nc2c1. The van der Waals surface area contributed by atoms with E-state index in [1.807, 2.05) is 0 Å². The highest BCUT2D eigenvalue weighted by atomic mass is 16.5. The minimum atomic E-state index is 0.254. The van der Waals surface area contributed by atoms with Crippen molar-refractivity contribution >= 4 is 16.9 Å². The molecule has 0 bridgehead atoms. The van der Waals surface area contributed by atoms with Crippen LogP contribution >= 0.6 is 0 Å².